The molecule has 4 aliphatic carbocycles. The summed E-state index contributed by atoms with van der Waals surface area (Å²) in [6.07, 6.45) is 10.3. The highest BCUT2D eigenvalue weighted by Crippen LogP contribution is 2.70. The number of carbonyl (C=O) groups is 1. The number of carbonyl (C=O) groups excluding carboxylic acids is 1. The predicted molar refractivity (Wildman–Crippen MR) is 134 cm³/mol. The van der Waals surface area contributed by atoms with Crippen molar-refractivity contribution in [1.82, 2.24) is 4.90 Å². The van der Waals surface area contributed by atoms with E-state index in [4.69, 9.17) is 13.9 Å². The lowest BCUT2D eigenvalue weighted by Gasteiger charge is -2.63. The van der Waals surface area contributed by atoms with Gasteiger partial charge in [-0.1, -0.05) is 13.8 Å². The summed E-state index contributed by atoms with van der Waals surface area (Å²) in [6, 6.07) is 3.41. The van der Waals surface area contributed by atoms with E-state index in [1.165, 1.54) is 6.07 Å². The standard InChI is InChI=1S/C29H41NO6/c1-27-10-7-21(36-26(32)30-13-15-34-16-14-30)17-20(27)4-5-24-23(27)8-11-28(2)22(9-12-29(24,28)33)19-3-6-25(31)35-18-19/h3,6,18,20-24,33H,4-5,7-17H2,1-2H3/t20-,21+,22-,23+,24-,27+,28-,29+/m1/s1. The van der Waals surface area contributed by atoms with E-state index in [-0.39, 0.29) is 34.6 Å². The minimum absolute atomic E-state index is 0.00416. The Labute approximate surface area is 213 Å². The number of ether oxygens (including phenoxy) is 2. The first-order chi connectivity index (χ1) is 17.2. The molecule has 0 spiro atoms. The second kappa shape index (κ2) is 8.87. The molecule has 1 saturated heterocycles. The number of hydrogen-bond acceptors (Lipinski definition) is 6. The number of nitrogens with zero attached hydrogens (tertiary/aromatic N) is 1. The fourth-order valence-corrected chi connectivity index (χ4v) is 9.36. The van der Waals surface area contributed by atoms with Crippen molar-refractivity contribution in [3.05, 3.63) is 34.4 Å². The molecule has 0 bridgehead atoms. The maximum atomic E-state index is 12.7. The lowest BCUT2D eigenvalue weighted by Crippen LogP contribution is -2.62. The molecule has 0 unspecified atom stereocenters. The van der Waals surface area contributed by atoms with Gasteiger partial charge < -0.3 is 23.9 Å². The highest BCUT2D eigenvalue weighted by atomic mass is 16.6. The Bertz CT molecular complexity index is 1030. The van der Waals surface area contributed by atoms with E-state index >= 15 is 0 Å². The summed E-state index contributed by atoms with van der Waals surface area (Å²) in [5, 5.41) is 12.4. The minimum atomic E-state index is -0.690. The van der Waals surface area contributed by atoms with Gasteiger partial charge in [0.15, 0.2) is 0 Å². The van der Waals surface area contributed by atoms with Crippen LogP contribution in [0.25, 0.3) is 0 Å². The van der Waals surface area contributed by atoms with Crippen molar-refractivity contribution in [3.63, 3.8) is 0 Å². The van der Waals surface area contributed by atoms with Gasteiger partial charge in [0.2, 0.25) is 0 Å². The fraction of sp³-hybridized carbons (Fsp3) is 0.793. The van der Waals surface area contributed by atoms with Crippen LogP contribution in [-0.4, -0.2) is 54.1 Å². The van der Waals surface area contributed by atoms with Crippen LogP contribution in [0.5, 0.6) is 0 Å². The van der Waals surface area contributed by atoms with E-state index in [0.29, 0.717) is 44.1 Å². The summed E-state index contributed by atoms with van der Waals surface area (Å²) in [4.78, 5) is 26.0. The molecule has 7 heteroatoms. The molecular weight excluding hydrogens is 458 g/mol. The average Bonchev–Trinajstić information content (AvgIpc) is 3.16. The summed E-state index contributed by atoms with van der Waals surface area (Å²) in [5.74, 6) is 1.54. The van der Waals surface area contributed by atoms with Crippen LogP contribution in [0, 0.1) is 28.6 Å². The monoisotopic (exact) mass is 499 g/mol. The molecule has 0 aromatic carbocycles. The van der Waals surface area contributed by atoms with E-state index in [2.05, 4.69) is 13.8 Å². The molecule has 5 fully saturated rings. The van der Waals surface area contributed by atoms with Gasteiger partial charge in [-0.2, -0.15) is 0 Å². The molecule has 6 rings (SSSR count). The van der Waals surface area contributed by atoms with Crippen molar-refractivity contribution in [2.75, 3.05) is 26.3 Å². The summed E-state index contributed by atoms with van der Waals surface area (Å²) in [7, 11) is 0. The van der Waals surface area contributed by atoms with Gasteiger partial charge >= 0.3 is 11.7 Å². The number of morpholine rings is 1. The van der Waals surface area contributed by atoms with Crippen molar-refractivity contribution in [2.45, 2.75) is 89.3 Å². The third kappa shape index (κ3) is 3.67. The first kappa shape index (κ1) is 24.5. The number of hydrogen-bond donors (Lipinski definition) is 1. The molecule has 198 valence electrons. The first-order valence-corrected chi connectivity index (χ1v) is 14.1. The van der Waals surface area contributed by atoms with Crippen molar-refractivity contribution in [3.8, 4) is 0 Å². The first-order valence-electron chi connectivity index (χ1n) is 14.1. The zero-order valence-electron chi connectivity index (χ0n) is 21.7. The van der Waals surface area contributed by atoms with Crippen molar-refractivity contribution >= 4 is 6.09 Å². The van der Waals surface area contributed by atoms with Gasteiger partial charge in [-0.3, -0.25) is 0 Å². The highest BCUT2D eigenvalue weighted by Gasteiger charge is 2.67. The molecule has 1 aromatic heterocycles. The van der Waals surface area contributed by atoms with Crippen LogP contribution in [0.2, 0.25) is 0 Å². The van der Waals surface area contributed by atoms with Crippen LogP contribution >= 0.6 is 0 Å². The average molecular weight is 500 g/mol. The quantitative estimate of drug-likeness (QED) is 0.634. The van der Waals surface area contributed by atoms with Gasteiger partial charge in [-0.25, -0.2) is 9.59 Å². The maximum Gasteiger partial charge on any atom is 0.410 e. The molecule has 0 radical (unpaired) electrons. The van der Waals surface area contributed by atoms with Crippen molar-refractivity contribution in [1.29, 1.82) is 0 Å². The smallest absolute Gasteiger partial charge is 0.410 e. The maximum absolute atomic E-state index is 12.7. The van der Waals surface area contributed by atoms with E-state index in [1.807, 2.05) is 6.07 Å². The fourth-order valence-electron chi connectivity index (χ4n) is 9.36. The van der Waals surface area contributed by atoms with E-state index < -0.39 is 5.60 Å². The Hall–Kier alpha value is -1.86. The van der Waals surface area contributed by atoms with E-state index in [9.17, 15) is 14.7 Å². The normalized spacial score (nSPS) is 44.3. The molecule has 1 N–H and O–H groups in total. The summed E-state index contributed by atoms with van der Waals surface area (Å²) < 4.78 is 16.6. The van der Waals surface area contributed by atoms with E-state index in [1.54, 1.807) is 11.2 Å². The minimum Gasteiger partial charge on any atom is -0.446 e. The molecule has 36 heavy (non-hydrogen) atoms. The van der Waals surface area contributed by atoms with Crippen LogP contribution in [0.15, 0.2) is 27.6 Å². The largest absolute Gasteiger partial charge is 0.446 e. The van der Waals surface area contributed by atoms with Gasteiger partial charge in [0.1, 0.15) is 6.10 Å². The lowest BCUT2D eigenvalue weighted by atomic mass is 9.43. The second-order valence-corrected chi connectivity index (χ2v) is 12.7. The predicted octanol–water partition coefficient (Wildman–Crippen LogP) is 4.72. The summed E-state index contributed by atoms with van der Waals surface area (Å²) in [6.45, 7) is 7.14. The number of rotatable bonds is 2. The Kier molecular flexibility index (Phi) is 6.03. The second-order valence-electron chi connectivity index (χ2n) is 12.7. The van der Waals surface area contributed by atoms with Gasteiger partial charge in [0.25, 0.3) is 0 Å². The molecular formula is C29H41NO6. The van der Waals surface area contributed by atoms with Crippen LogP contribution in [0.3, 0.4) is 0 Å². The van der Waals surface area contributed by atoms with Gasteiger partial charge in [-0.15, -0.1) is 0 Å². The molecule has 5 aliphatic rings. The Morgan fingerprint density at radius 3 is 2.58 bits per heavy atom. The van der Waals surface area contributed by atoms with Gasteiger partial charge in [0, 0.05) is 24.6 Å². The summed E-state index contributed by atoms with van der Waals surface area (Å²) in [5.41, 5.74) is 0.0127. The highest BCUT2D eigenvalue weighted by molar-refractivity contribution is 5.67. The topological polar surface area (TPSA) is 89.2 Å². The van der Waals surface area contributed by atoms with Crippen LogP contribution in [-0.2, 0) is 9.47 Å². The van der Waals surface area contributed by atoms with Gasteiger partial charge in [0.05, 0.1) is 25.1 Å². The zero-order valence-corrected chi connectivity index (χ0v) is 21.7. The number of amides is 1. The zero-order chi connectivity index (χ0) is 25.1. The third-order valence-electron chi connectivity index (χ3n) is 11.5. The molecule has 1 aromatic rings. The van der Waals surface area contributed by atoms with Crippen molar-refractivity contribution < 1.29 is 23.8 Å². The van der Waals surface area contributed by atoms with Gasteiger partial charge in [-0.05, 0) is 98.5 Å². The molecule has 1 amide bonds. The van der Waals surface area contributed by atoms with Crippen LogP contribution < -0.4 is 5.63 Å². The summed E-state index contributed by atoms with van der Waals surface area (Å²) >= 11 is 0. The Balaban J connectivity index is 1.17. The Morgan fingerprint density at radius 1 is 1.03 bits per heavy atom. The molecule has 4 saturated carbocycles. The number of fused-ring (bicyclic) bond motifs is 5. The Morgan fingerprint density at radius 2 is 1.83 bits per heavy atom. The SMILES string of the molecule is C[C@]12CC[C@H](OC(=O)N3CCOCC3)C[C@H]1CC[C@@H]1[C@@H]2CC[C@]2(C)[C@@H](c3ccc(=O)oc3)CC[C@]12O. The molecule has 7 nitrogen and oxygen atoms in total. The third-order valence-corrected chi connectivity index (χ3v) is 11.5. The van der Waals surface area contributed by atoms with E-state index in [0.717, 1.165) is 63.4 Å². The van der Waals surface area contributed by atoms with Crippen molar-refractivity contribution in [2.24, 2.45) is 28.6 Å². The van der Waals surface area contributed by atoms with Crippen LogP contribution in [0.4, 0.5) is 4.79 Å². The lowest BCUT2D eigenvalue weighted by molar-refractivity contribution is -0.205. The molecule has 8 atom stereocenters. The molecule has 2 heterocycles. The molecule has 1 aliphatic heterocycles. The van der Waals surface area contributed by atoms with Crippen LogP contribution in [0.1, 0.15) is 83.1 Å². The number of aliphatic hydroxyl groups is 1.